The van der Waals surface area contributed by atoms with Crippen molar-refractivity contribution in [3.8, 4) is 0 Å². The molecule has 1 heterocycles. The zero-order chi connectivity index (χ0) is 16.1. The maximum atomic E-state index is 12.1. The van der Waals surface area contributed by atoms with Gasteiger partial charge in [-0.2, -0.15) is 13.5 Å². The third-order valence-corrected chi connectivity index (χ3v) is 2.82. The summed E-state index contributed by atoms with van der Waals surface area (Å²) in [6.45, 7) is 5.44. The Labute approximate surface area is 124 Å². The molecular weight excluding hydrogens is 298 g/mol. The number of carbonyl (C=O) groups excluding carboxylic acids is 1. The van der Waals surface area contributed by atoms with Crippen molar-refractivity contribution < 1.29 is 22.1 Å². The van der Waals surface area contributed by atoms with E-state index in [1.54, 1.807) is 33.0 Å². The topological polar surface area (TPSA) is 102 Å². The summed E-state index contributed by atoms with van der Waals surface area (Å²) < 4.78 is 31.8. The van der Waals surface area contributed by atoms with Gasteiger partial charge in [-0.3, -0.25) is 14.2 Å². The van der Waals surface area contributed by atoms with Crippen LogP contribution in [-0.4, -0.2) is 54.6 Å². The monoisotopic (exact) mass is 319 g/mol. The highest BCUT2D eigenvalue weighted by atomic mass is 32.2. The molecule has 0 saturated heterocycles. The van der Waals surface area contributed by atoms with Crippen LogP contribution >= 0.6 is 0 Å². The fourth-order valence-electron chi connectivity index (χ4n) is 1.44. The number of rotatable bonds is 6. The van der Waals surface area contributed by atoms with Gasteiger partial charge >= 0.3 is 6.09 Å². The molecule has 21 heavy (non-hydrogen) atoms. The zero-order valence-corrected chi connectivity index (χ0v) is 13.4. The van der Waals surface area contributed by atoms with Gasteiger partial charge < -0.3 is 4.74 Å². The van der Waals surface area contributed by atoms with E-state index in [0.717, 1.165) is 6.26 Å². The Morgan fingerprint density at radius 1 is 1.43 bits per heavy atom. The predicted octanol–water partition coefficient (Wildman–Crippen LogP) is 1.12. The fraction of sp³-hybridized carbons (Fsp3) is 0.667. The van der Waals surface area contributed by atoms with Gasteiger partial charge in [-0.25, -0.2) is 4.79 Å². The smallest absolute Gasteiger partial charge is 0.410 e. The number of hydrogen-bond acceptors (Lipinski definition) is 6. The number of ether oxygens (including phenoxy) is 1. The Morgan fingerprint density at radius 2 is 2.10 bits per heavy atom. The molecule has 0 aromatic carbocycles. The van der Waals surface area contributed by atoms with E-state index >= 15 is 0 Å². The van der Waals surface area contributed by atoms with Gasteiger partial charge in [0.15, 0.2) is 0 Å². The lowest BCUT2D eigenvalue weighted by molar-refractivity contribution is 0.0208. The molecule has 1 rings (SSSR count). The van der Waals surface area contributed by atoms with Crippen molar-refractivity contribution in [2.75, 3.05) is 19.4 Å². The molecular formula is C12H21N3O5S. The van der Waals surface area contributed by atoms with Gasteiger partial charge in [0.25, 0.3) is 10.1 Å². The van der Waals surface area contributed by atoms with Crippen molar-refractivity contribution in [2.24, 2.45) is 0 Å². The largest absolute Gasteiger partial charge is 0.444 e. The summed E-state index contributed by atoms with van der Waals surface area (Å²) in [6, 6.07) is 1.72. The Bertz CT molecular complexity index is 548. The quantitative estimate of drug-likeness (QED) is 0.788. The summed E-state index contributed by atoms with van der Waals surface area (Å²) in [7, 11) is -3.54. The minimum atomic E-state index is -3.54. The average molecular weight is 319 g/mol. The van der Waals surface area contributed by atoms with Crippen molar-refractivity contribution in [3.63, 3.8) is 0 Å². The fourth-order valence-corrected chi connectivity index (χ4v) is 1.82. The summed E-state index contributed by atoms with van der Waals surface area (Å²) in [5, 5.41) is 6.53. The molecule has 120 valence electrons. The number of amides is 1. The lowest BCUT2D eigenvalue weighted by atomic mass is 10.2. The van der Waals surface area contributed by atoms with Gasteiger partial charge in [0.2, 0.25) is 0 Å². The standard InChI is InChI=1S/C12H21N3O5S/c1-12(2,3)20-11(16)15(7-8-19-21(4,17)18)9-10-5-6-13-14-10/h5-6H,7-9H2,1-4H3,(H,13,14). The third kappa shape index (κ3) is 7.66. The van der Waals surface area contributed by atoms with Gasteiger partial charge in [-0.05, 0) is 26.8 Å². The van der Waals surface area contributed by atoms with E-state index < -0.39 is 21.8 Å². The first-order chi connectivity index (χ1) is 9.57. The van der Waals surface area contributed by atoms with Crippen molar-refractivity contribution in [3.05, 3.63) is 18.0 Å². The van der Waals surface area contributed by atoms with E-state index in [1.165, 1.54) is 4.90 Å². The number of aromatic amines is 1. The highest BCUT2D eigenvalue weighted by Crippen LogP contribution is 2.12. The first-order valence-electron chi connectivity index (χ1n) is 6.37. The van der Waals surface area contributed by atoms with E-state index in [-0.39, 0.29) is 19.7 Å². The van der Waals surface area contributed by atoms with Crippen molar-refractivity contribution in [1.29, 1.82) is 0 Å². The van der Waals surface area contributed by atoms with Gasteiger partial charge in [0.05, 0.1) is 25.1 Å². The van der Waals surface area contributed by atoms with Gasteiger partial charge in [0, 0.05) is 12.7 Å². The van der Waals surface area contributed by atoms with E-state index in [0.29, 0.717) is 5.69 Å². The lowest BCUT2D eigenvalue weighted by Gasteiger charge is -2.26. The van der Waals surface area contributed by atoms with E-state index in [1.807, 2.05) is 0 Å². The molecule has 0 atom stereocenters. The number of nitrogens with one attached hydrogen (secondary N) is 1. The van der Waals surface area contributed by atoms with Crippen molar-refractivity contribution >= 4 is 16.2 Å². The summed E-state index contributed by atoms with van der Waals surface area (Å²) in [6.07, 6.45) is 1.98. The molecule has 0 saturated carbocycles. The minimum Gasteiger partial charge on any atom is -0.444 e. The number of H-pyrrole nitrogens is 1. The van der Waals surface area contributed by atoms with Gasteiger partial charge in [-0.1, -0.05) is 0 Å². The van der Waals surface area contributed by atoms with Crippen LogP contribution in [-0.2, 0) is 25.6 Å². The van der Waals surface area contributed by atoms with Crippen LogP contribution in [0.3, 0.4) is 0 Å². The Balaban J connectivity index is 2.67. The van der Waals surface area contributed by atoms with Crippen molar-refractivity contribution in [2.45, 2.75) is 32.9 Å². The zero-order valence-electron chi connectivity index (χ0n) is 12.6. The van der Waals surface area contributed by atoms with Crippen LogP contribution in [0.4, 0.5) is 4.79 Å². The SMILES string of the molecule is CC(C)(C)OC(=O)N(CCOS(C)(=O)=O)Cc1ccn[nH]1. The van der Waals surface area contributed by atoms with Crippen LogP contribution in [0.25, 0.3) is 0 Å². The molecule has 0 radical (unpaired) electrons. The van der Waals surface area contributed by atoms with Crippen LogP contribution < -0.4 is 0 Å². The molecule has 0 spiro atoms. The minimum absolute atomic E-state index is 0.0843. The molecule has 1 aromatic heterocycles. The van der Waals surface area contributed by atoms with E-state index in [9.17, 15) is 13.2 Å². The van der Waals surface area contributed by atoms with E-state index in [4.69, 9.17) is 4.74 Å². The van der Waals surface area contributed by atoms with Crippen molar-refractivity contribution in [1.82, 2.24) is 15.1 Å². The maximum absolute atomic E-state index is 12.1. The molecule has 0 aliphatic carbocycles. The molecule has 0 aliphatic heterocycles. The average Bonchev–Trinajstić information content (AvgIpc) is 2.76. The summed E-state index contributed by atoms with van der Waals surface area (Å²) >= 11 is 0. The molecule has 9 heteroatoms. The normalized spacial score (nSPS) is 12.2. The summed E-state index contributed by atoms with van der Waals surface area (Å²) in [5.41, 5.74) is 0.0706. The second-order valence-electron chi connectivity index (χ2n) is 5.51. The Hall–Kier alpha value is -1.61. The highest BCUT2D eigenvalue weighted by Gasteiger charge is 2.23. The molecule has 1 N–H and O–H groups in total. The van der Waals surface area contributed by atoms with Crippen LogP contribution in [0, 0.1) is 0 Å². The maximum Gasteiger partial charge on any atom is 0.410 e. The van der Waals surface area contributed by atoms with Gasteiger partial charge in [-0.15, -0.1) is 0 Å². The second-order valence-corrected chi connectivity index (χ2v) is 7.15. The Morgan fingerprint density at radius 3 is 2.57 bits per heavy atom. The van der Waals surface area contributed by atoms with Crippen LogP contribution in [0.2, 0.25) is 0 Å². The first-order valence-corrected chi connectivity index (χ1v) is 8.19. The molecule has 8 nitrogen and oxygen atoms in total. The molecule has 0 unspecified atom stereocenters. The number of nitrogens with zero attached hydrogens (tertiary/aromatic N) is 2. The number of carbonyl (C=O) groups is 1. The van der Waals surface area contributed by atoms with E-state index in [2.05, 4.69) is 14.4 Å². The molecule has 1 aromatic rings. The predicted molar refractivity (Wildman–Crippen MR) is 76.0 cm³/mol. The Kier molecular flexibility index (Phi) is 5.73. The molecule has 0 aliphatic rings. The number of hydrogen-bond donors (Lipinski definition) is 1. The van der Waals surface area contributed by atoms with Crippen LogP contribution in [0.15, 0.2) is 12.3 Å². The van der Waals surface area contributed by atoms with Crippen LogP contribution in [0.5, 0.6) is 0 Å². The van der Waals surface area contributed by atoms with Gasteiger partial charge in [0.1, 0.15) is 5.60 Å². The first kappa shape index (κ1) is 17.4. The second kappa shape index (κ2) is 6.90. The molecule has 0 fully saturated rings. The molecule has 1 amide bonds. The summed E-state index contributed by atoms with van der Waals surface area (Å²) in [5.74, 6) is 0. The lowest BCUT2D eigenvalue weighted by Crippen LogP contribution is -2.38. The molecule has 0 bridgehead atoms. The third-order valence-electron chi connectivity index (χ3n) is 2.23. The highest BCUT2D eigenvalue weighted by molar-refractivity contribution is 7.85. The van der Waals surface area contributed by atoms with Crippen LogP contribution in [0.1, 0.15) is 26.5 Å². The summed E-state index contributed by atoms with van der Waals surface area (Å²) in [4.78, 5) is 13.5. The number of aromatic nitrogens is 2.